The van der Waals surface area contributed by atoms with Gasteiger partial charge in [-0.05, 0) is 49.9 Å². The molecule has 0 bridgehead atoms. The number of para-hydroxylation sites is 1. The van der Waals surface area contributed by atoms with Crippen molar-refractivity contribution in [1.29, 1.82) is 0 Å². The maximum atomic E-state index is 13.2. The van der Waals surface area contributed by atoms with Crippen LogP contribution in [0.4, 0.5) is 17.1 Å². The van der Waals surface area contributed by atoms with Gasteiger partial charge in [0.25, 0.3) is 11.6 Å². The summed E-state index contributed by atoms with van der Waals surface area (Å²) in [7, 11) is 0. The van der Waals surface area contributed by atoms with E-state index in [2.05, 4.69) is 4.90 Å². The van der Waals surface area contributed by atoms with Gasteiger partial charge in [0.05, 0.1) is 4.92 Å². The van der Waals surface area contributed by atoms with Crippen molar-refractivity contribution in [2.75, 3.05) is 22.9 Å². The van der Waals surface area contributed by atoms with Gasteiger partial charge in [0.2, 0.25) is 0 Å². The molecular formula is C22H25N3O3. The van der Waals surface area contributed by atoms with E-state index < -0.39 is 0 Å². The molecule has 0 radical (unpaired) electrons. The van der Waals surface area contributed by atoms with Gasteiger partial charge in [0.15, 0.2) is 0 Å². The SMILES string of the molecule is C[C@H]1Cc2ccccc2N1C(=O)c1ccc(N2CCCCCC2)c([N+](=O)[O-])c1. The van der Waals surface area contributed by atoms with Crippen molar-refractivity contribution in [1.82, 2.24) is 0 Å². The van der Waals surface area contributed by atoms with Crippen LogP contribution in [0.3, 0.4) is 0 Å². The summed E-state index contributed by atoms with van der Waals surface area (Å²) in [6.07, 6.45) is 5.20. The standard InChI is InChI=1S/C22H25N3O3/c1-16-14-17-8-4-5-9-19(17)24(16)22(26)18-10-11-20(21(15-18)25(27)28)23-12-6-2-3-7-13-23/h4-5,8-11,15-16H,2-3,6-7,12-14H2,1H3/t16-/m0/s1. The van der Waals surface area contributed by atoms with Crippen LogP contribution in [0, 0.1) is 10.1 Å². The van der Waals surface area contributed by atoms with Gasteiger partial charge in [-0.25, -0.2) is 0 Å². The van der Waals surface area contributed by atoms with E-state index >= 15 is 0 Å². The monoisotopic (exact) mass is 379 g/mol. The predicted molar refractivity (Wildman–Crippen MR) is 110 cm³/mol. The third kappa shape index (κ3) is 3.35. The van der Waals surface area contributed by atoms with Crippen LogP contribution in [0.1, 0.15) is 48.5 Å². The number of fused-ring (bicyclic) bond motifs is 1. The number of carbonyl (C=O) groups is 1. The molecule has 0 aliphatic carbocycles. The first-order chi connectivity index (χ1) is 13.6. The minimum atomic E-state index is -0.363. The molecule has 0 aromatic heterocycles. The topological polar surface area (TPSA) is 66.7 Å². The van der Waals surface area contributed by atoms with E-state index in [0.29, 0.717) is 11.3 Å². The summed E-state index contributed by atoms with van der Waals surface area (Å²) < 4.78 is 0. The highest BCUT2D eigenvalue weighted by Crippen LogP contribution is 2.35. The summed E-state index contributed by atoms with van der Waals surface area (Å²) in [6, 6.07) is 12.8. The van der Waals surface area contributed by atoms with Crippen LogP contribution in [0.25, 0.3) is 0 Å². The molecule has 0 saturated carbocycles. The number of nitro benzene ring substituents is 1. The molecule has 2 heterocycles. The van der Waals surface area contributed by atoms with E-state index in [9.17, 15) is 14.9 Å². The summed E-state index contributed by atoms with van der Waals surface area (Å²) in [5.41, 5.74) is 3.05. The summed E-state index contributed by atoms with van der Waals surface area (Å²) in [5, 5.41) is 11.8. The number of hydrogen-bond acceptors (Lipinski definition) is 4. The van der Waals surface area contributed by atoms with Gasteiger partial charge in [0, 0.05) is 36.4 Å². The Bertz CT molecular complexity index is 904. The van der Waals surface area contributed by atoms with Gasteiger partial charge in [0.1, 0.15) is 5.69 Å². The summed E-state index contributed by atoms with van der Waals surface area (Å²) in [5.74, 6) is -0.178. The highest BCUT2D eigenvalue weighted by molar-refractivity contribution is 6.08. The van der Waals surface area contributed by atoms with Crippen LogP contribution in [0.15, 0.2) is 42.5 Å². The molecule has 1 amide bonds. The second kappa shape index (κ2) is 7.62. The molecule has 146 valence electrons. The molecule has 1 atom stereocenters. The molecule has 2 aliphatic heterocycles. The van der Waals surface area contributed by atoms with E-state index in [1.54, 1.807) is 17.0 Å². The molecule has 28 heavy (non-hydrogen) atoms. The first-order valence-electron chi connectivity index (χ1n) is 10.0. The third-order valence-corrected chi connectivity index (χ3v) is 5.79. The normalized spacial score (nSPS) is 19.2. The molecule has 1 saturated heterocycles. The fourth-order valence-electron chi connectivity index (χ4n) is 4.40. The molecule has 4 rings (SSSR count). The molecule has 2 aromatic rings. The molecule has 1 fully saturated rings. The third-order valence-electron chi connectivity index (χ3n) is 5.79. The second-order valence-electron chi connectivity index (χ2n) is 7.72. The lowest BCUT2D eigenvalue weighted by atomic mass is 10.1. The smallest absolute Gasteiger partial charge is 0.293 e. The van der Waals surface area contributed by atoms with E-state index in [1.165, 1.54) is 6.07 Å². The maximum Gasteiger partial charge on any atom is 0.293 e. The first kappa shape index (κ1) is 18.5. The largest absolute Gasteiger partial charge is 0.366 e. The summed E-state index contributed by atoms with van der Waals surface area (Å²) in [6.45, 7) is 3.66. The van der Waals surface area contributed by atoms with Gasteiger partial charge in [-0.1, -0.05) is 31.0 Å². The lowest BCUT2D eigenvalue weighted by molar-refractivity contribution is -0.384. The molecule has 2 aliphatic rings. The zero-order valence-electron chi connectivity index (χ0n) is 16.1. The second-order valence-corrected chi connectivity index (χ2v) is 7.72. The predicted octanol–water partition coefficient (Wildman–Crippen LogP) is 4.57. The van der Waals surface area contributed by atoms with Gasteiger partial charge in [-0.2, -0.15) is 0 Å². The van der Waals surface area contributed by atoms with Crippen LogP contribution in [-0.4, -0.2) is 30.0 Å². The maximum absolute atomic E-state index is 13.2. The van der Waals surface area contributed by atoms with Gasteiger partial charge in [-0.3, -0.25) is 14.9 Å². The van der Waals surface area contributed by atoms with Crippen LogP contribution in [-0.2, 0) is 6.42 Å². The Morgan fingerprint density at radius 3 is 2.46 bits per heavy atom. The van der Waals surface area contributed by atoms with Crippen molar-refractivity contribution in [3.8, 4) is 0 Å². The lowest BCUT2D eigenvalue weighted by Crippen LogP contribution is -2.35. The number of benzene rings is 2. The Balaban J connectivity index is 1.68. The number of nitro groups is 1. The molecular weight excluding hydrogens is 354 g/mol. The molecule has 0 N–H and O–H groups in total. The quantitative estimate of drug-likeness (QED) is 0.579. The summed E-state index contributed by atoms with van der Waals surface area (Å²) in [4.78, 5) is 28.5. The number of anilines is 2. The van der Waals surface area contributed by atoms with E-state index in [1.807, 2.05) is 31.2 Å². The number of amides is 1. The zero-order chi connectivity index (χ0) is 19.7. The van der Waals surface area contributed by atoms with Crippen LogP contribution >= 0.6 is 0 Å². The van der Waals surface area contributed by atoms with Crippen molar-refractivity contribution in [2.24, 2.45) is 0 Å². The Morgan fingerprint density at radius 2 is 1.75 bits per heavy atom. The van der Waals surface area contributed by atoms with Crippen molar-refractivity contribution in [3.05, 3.63) is 63.7 Å². The van der Waals surface area contributed by atoms with Crippen molar-refractivity contribution >= 4 is 23.0 Å². The van der Waals surface area contributed by atoms with E-state index in [0.717, 1.165) is 56.4 Å². The first-order valence-corrected chi connectivity index (χ1v) is 10.0. The zero-order valence-corrected chi connectivity index (χ0v) is 16.1. The minimum absolute atomic E-state index is 0.0212. The average Bonchev–Trinajstić information content (AvgIpc) is 2.85. The molecule has 0 unspecified atom stereocenters. The molecule has 0 spiro atoms. The van der Waals surface area contributed by atoms with Crippen molar-refractivity contribution in [3.63, 3.8) is 0 Å². The van der Waals surface area contributed by atoms with Gasteiger partial charge >= 0.3 is 0 Å². The lowest BCUT2D eigenvalue weighted by Gasteiger charge is -2.25. The van der Waals surface area contributed by atoms with Gasteiger partial charge < -0.3 is 9.80 Å². The highest BCUT2D eigenvalue weighted by atomic mass is 16.6. The van der Waals surface area contributed by atoms with Crippen LogP contribution in [0.2, 0.25) is 0 Å². The number of hydrogen-bond donors (Lipinski definition) is 0. The number of carbonyl (C=O) groups excluding carboxylic acids is 1. The van der Waals surface area contributed by atoms with Crippen molar-refractivity contribution in [2.45, 2.75) is 45.1 Å². The van der Waals surface area contributed by atoms with E-state index in [-0.39, 0.29) is 22.6 Å². The Hall–Kier alpha value is -2.89. The van der Waals surface area contributed by atoms with Crippen LogP contribution in [0.5, 0.6) is 0 Å². The fraction of sp³-hybridized carbons (Fsp3) is 0.409. The summed E-state index contributed by atoms with van der Waals surface area (Å²) >= 11 is 0. The van der Waals surface area contributed by atoms with Crippen LogP contribution < -0.4 is 9.80 Å². The molecule has 2 aromatic carbocycles. The minimum Gasteiger partial charge on any atom is -0.366 e. The number of rotatable bonds is 3. The number of nitrogens with zero attached hydrogens (tertiary/aromatic N) is 3. The Kier molecular flexibility index (Phi) is 5.03. The van der Waals surface area contributed by atoms with E-state index in [4.69, 9.17) is 0 Å². The molecule has 6 heteroatoms. The van der Waals surface area contributed by atoms with Gasteiger partial charge in [-0.15, -0.1) is 0 Å². The fourth-order valence-corrected chi connectivity index (χ4v) is 4.40. The highest BCUT2D eigenvalue weighted by Gasteiger charge is 2.32. The Labute approximate surface area is 164 Å². The average molecular weight is 379 g/mol. The Morgan fingerprint density at radius 1 is 1.04 bits per heavy atom. The van der Waals surface area contributed by atoms with Crippen molar-refractivity contribution < 1.29 is 9.72 Å². The molecule has 6 nitrogen and oxygen atoms in total.